The van der Waals surface area contributed by atoms with Crippen LogP contribution in [-0.4, -0.2) is 45.7 Å². The van der Waals surface area contributed by atoms with E-state index in [2.05, 4.69) is 0 Å². The average molecular weight is 693 g/mol. The van der Waals surface area contributed by atoms with E-state index in [9.17, 15) is 39.0 Å². The number of carboxylic acid groups (broad SMARTS) is 2. The SMILES string of the molecule is Cc1cccc(C(=O)c2c(C(=O)Oc3ccccc3C(=O)O)ccc3c(C(=O)c4cccc(C)c4)c(C(=O)Oc4ccccc4C(=O)O)ccc23)c1. The molecule has 6 rings (SSSR count). The summed E-state index contributed by atoms with van der Waals surface area (Å²) in [7, 11) is 0. The maximum Gasteiger partial charge on any atom is 0.344 e. The van der Waals surface area contributed by atoms with E-state index < -0.39 is 35.4 Å². The second-order valence-corrected chi connectivity index (χ2v) is 11.9. The maximum absolute atomic E-state index is 14.4. The third-order valence-corrected chi connectivity index (χ3v) is 8.30. The summed E-state index contributed by atoms with van der Waals surface area (Å²) in [6.45, 7) is 3.58. The van der Waals surface area contributed by atoms with Crippen LogP contribution in [0.3, 0.4) is 0 Å². The lowest BCUT2D eigenvalue weighted by molar-refractivity contribution is 0.0661. The van der Waals surface area contributed by atoms with Crippen LogP contribution in [0.15, 0.2) is 121 Å². The van der Waals surface area contributed by atoms with Gasteiger partial charge in [0.05, 0.1) is 11.1 Å². The number of aromatic carboxylic acids is 2. The second kappa shape index (κ2) is 14.3. The summed E-state index contributed by atoms with van der Waals surface area (Å²) in [5.74, 6) is -6.43. The zero-order chi connectivity index (χ0) is 37.1. The lowest BCUT2D eigenvalue weighted by atomic mass is 9.86. The van der Waals surface area contributed by atoms with Gasteiger partial charge in [0.15, 0.2) is 11.6 Å². The largest absolute Gasteiger partial charge is 0.478 e. The van der Waals surface area contributed by atoms with Crippen LogP contribution >= 0.6 is 0 Å². The standard InChI is InChI=1S/C42H28O10/c1-23-9-7-11-25(21-23)37(43)35-27-17-20-32(42(50)52-34-16-6-4-14-30(34)40(47)48)36(38(44)26-12-8-10-24(2)22-26)28(27)18-19-31(35)41(49)51-33-15-5-3-13-29(33)39(45)46/h3-22H,1-2H3,(H,45,46)(H,47,48). The highest BCUT2D eigenvalue weighted by Gasteiger charge is 2.29. The Hall–Kier alpha value is -7.20. The Labute approximate surface area is 296 Å². The van der Waals surface area contributed by atoms with Crippen LogP contribution < -0.4 is 9.47 Å². The topological polar surface area (TPSA) is 161 Å². The van der Waals surface area contributed by atoms with Crippen LogP contribution in [0.5, 0.6) is 11.5 Å². The molecular weight excluding hydrogens is 664 g/mol. The molecule has 0 atom stereocenters. The molecule has 6 aromatic carbocycles. The summed E-state index contributed by atoms with van der Waals surface area (Å²) in [4.78, 5) is 80.2. The van der Waals surface area contributed by atoms with Gasteiger partial charge in [-0.25, -0.2) is 19.2 Å². The first kappa shape index (κ1) is 34.7. The van der Waals surface area contributed by atoms with Gasteiger partial charge in [0.1, 0.15) is 22.6 Å². The Morgan fingerprint density at radius 3 is 1.19 bits per heavy atom. The fraction of sp³-hybridized carbons (Fsp3) is 0.0476. The van der Waals surface area contributed by atoms with Gasteiger partial charge in [-0.1, -0.05) is 83.9 Å². The quantitative estimate of drug-likeness (QED) is 0.0825. The smallest absolute Gasteiger partial charge is 0.344 e. The Kier molecular flexibility index (Phi) is 9.56. The third kappa shape index (κ3) is 6.81. The van der Waals surface area contributed by atoms with Crippen molar-refractivity contribution in [2.45, 2.75) is 13.8 Å². The number of carbonyl (C=O) groups is 6. The highest BCUT2D eigenvalue weighted by molar-refractivity contribution is 6.27. The van der Waals surface area contributed by atoms with Crippen molar-refractivity contribution < 1.29 is 48.5 Å². The first-order valence-electron chi connectivity index (χ1n) is 15.9. The predicted octanol–water partition coefficient (Wildman–Crippen LogP) is 7.75. The second-order valence-electron chi connectivity index (χ2n) is 11.9. The van der Waals surface area contributed by atoms with Crippen LogP contribution in [0.2, 0.25) is 0 Å². The zero-order valence-electron chi connectivity index (χ0n) is 27.7. The predicted molar refractivity (Wildman–Crippen MR) is 190 cm³/mol. The fourth-order valence-electron chi connectivity index (χ4n) is 5.87. The number of para-hydroxylation sites is 2. The van der Waals surface area contributed by atoms with Crippen LogP contribution in [-0.2, 0) is 0 Å². The van der Waals surface area contributed by atoms with Gasteiger partial charge in [-0.3, -0.25) is 9.59 Å². The number of ether oxygens (including phenoxy) is 2. The van der Waals surface area contributed by atoms with Crippen molar-refractivity contribution >= 4 is 46.2 Å². The fourth-order valence-corrected chi connectivity index (χ4v) is 5.87. The number of fused-ring (bicyclic) bond motifs is 1. The number of carbonyl (C=O) groups excluding carboxylic acids is 4. The molecule has 0 saturated heterocycles. The normalized spacial score (nSPS) is 10.7. The minimum Gasteiger partial charge on any atom is -0.478 e. The number of aryl methyl sites for hydroxylation is 2. The molecule has 0 aliphatic heterocycles. The van der Waals surface area contributed by atoms with Gasteiger partial charge in [0.2, 0.25) is 0 Å². The molecule has 0 unspecified atom stereocenters. The van der Waals surface area contributed by atoms with E-state index in [4.69, 9.17) is 9.47 Å². The van der Waals surface area contributed by atoms with Crippen molar-refractivity contribution in [3.63, 3.8) is 0 Å². The Bertz CT molecular complexity index is 2300. The lowest BCUT2D eigenvalue weighted by Crippen LogP contribution is -2.19. The van der Waals surface area contributed by atoms with Gasteiger partial charge in [-0.05, 0) is 73.2 Å². The number of esters is 2. The summed E-state index contributed by atoms with van der Waals surface area (Å²) in [5.41, 5.74) is 0.632. The van der Waals surface area contributed by atoms with E-state index in [1.165, 1.54) is 72.8 Å². The molecule has 0 spiro atoms. The molecule has 10 heteroatoms. The number of benzene rings is 6. The van der Waals surface area contributed by atoms with Crippen LogP contribution in [0, 0.1) is 13.8 Å². The highest BCUT2D eigenvalue weighted by atomic mass is 16.5. The molecule has 52 heavy (non-hydrogen) atoms. The first-order chi connectivity index (χ1) is 24.9. The molecule has 0 aromatic heterocycles. The summed E-state index contributed by atoms with van der Waals surface area (Å²) >= 11 is 0. The molecule has 0 fully saturated rings. The Balaban J connectivity index is 1.60. The third-order valence-electron chi connectivity index (χ3n) is 8.30. The van der Waals surface area contributed by atoms with Crippen LogP contribution in [0.1, 0.15) is 84.4 Å². The molecule has 10 nitrogen and oxygen atoms in total. The van der Waals surface area contributed by atoms with Gasteiger partial charge in [0, 0.05) is 22.3 Å². The first-order valence-corrected chi connectivity index (χ1v) is 15.9. The number of rotatable bonds is 10. The van der Waals surface area contributed by atoms with E-state index in [-0.39, 0.29) is 66.8 Å². The highest BCUT2D eigenvalue weighted by Crippen LogP contribution is 2.34. The van der Waals surface area contributed by atoms with Gasteiger partial charge >= 0.3 is 23.9 Å². The van der Waals surface area contributed by atoms with Gasteiger partial charge in [0.25, 0.3) is 0 Å². The van der Waals surface area contributed by atoms with E-state index in [1.807, 2.05) is 0 Å². The van der Waals surface area contributed by atoms with E-state index in [1.54, 1.807) is 62.4 Å². The maximum atomic E-state index is 14.4. The minimum absolute atomic E-state index is 0.117. The summed E-state index contributed by atoms with van der Waals surface area (Å²) in [6.07, 6.45) is 0. The zero-order valence-corrected chi connectivity index (χ0v) is 27.7. The number of hydrogen-bond acceptors (Lipinski definition) is 8. The average Bonchev–Trinajstić information content (AvgIpc) is 3.13. The van der Waals surface area contributed by atoms with E-state index >= 15 is 0 Å². The molecule has 0 aliphatic carbocycles. The van der Waals surface area contributed by atoms with Crippen molar-refractivity contribution in [3.8, 4) is 11.5 Å². The van der Waals surface area contributed by atoms with Crippen molar-refractivity contribution in [1.82, 2.24) is 0 Å². The van der Waals surface area contributed by atoms with Crippen molar-refractivity contribution in [2.75, 3.05) is 0 Å². The Morgan fingerprint density at radius 2 is 0.827 bits per heavy atom. The van der Waals surface area contributed by atoms with Crippen molar-refractivity contribution in [2.24, 2.45) is 0 Å². The van der Waals surface area contributed by atoms with Gasteiger partial charge in [-0.2, -0.15) is 0 Å². The molecule has 0 radical (unpaired) electrons. The van der Waals surface area contributed by atoms with Crippen molar-refractivity contribution in [1.29, 1.82) is 0 Å². The molecule has 0 heterocycles. The van der Waals surface area contributed by atoms with E-state index in [0.29, 0.717) is 0 Å². The molecular formula is C42H28O10. The Morgan fingerprint density at radius 1 is 0.442 bits per heavy atom. The van der Waals surface area contributed by atoms with E-state index in [0.717, 1.165) is 11.1 Å². The summed E-state index contributed by atoms with van der Waals surface area (Å²) < 4.78 is 11.1. The van der Waals surface area contributed by atoms with Gasteiger partial charge < -0.3 is 19.7 Å². The number of carboxylic acids is 2. The number of hydrogen-bond donors (Lipinski definition) is 2. The minimum atomic E-state index is -1.33. The van der Waals surface area contributed by atoms with Gasteiger partial charge in [-0.15, -0.1) is 0 Å². The summed E-state index contributed by atoms with van der Waals surface area (Å²) in [5, 5.41) is 19.6. The summed E-state index contributed by atoms with van der Waals surface area (Å²) in [6, 6.07) is 29.7. The van der Waals surface area contributed by atoms with Crippen LogP contribution in [0.25, 0.3) is 10.8 Å². The molecule has 0 amide bonds. The molecule has 0 aliphatic rings. The molecule has 256 valence electrons. The molecule has 2 N–H and O–H groups in total. The molecule has 6 aromatic rings. The molecule has 0 saturated carbocycles. The van der Waals surface area contributed by atoms with Crippen LogP contribution in [0.4, 0.5) is 0 Å². The monoisotopic (exact) mass is 692 g/mol. The number of ketones is 2. The van der Waals surface area contributed by atoms with Crippen molar-refractivity contribution in [3.05, 3.63) is 177 Å². The molecule has 0 bridgehead atoms. The lowest BCUT2D eigenvalue weighted by Gasteiger charge is -2.17.